The van der Waals surface area contributed by atoms with Crippen molar-refractivity contribution in [3.05, 3.63) is 39.7 Å². The van der Waals surface area contributed by atoms with Crippen LogP contribution in [0.5, 0.6) is 0 Å². The molecule has 2 rings (SSSR count). The van der Waals surface area contributed by atoms with E-state index in [0.29, 0.717) is 6.04 Å². The Balaban J connectivity index is 2.12. The fraction of sp³-hybridized carbons (Fsp3) is 0.462. The largest absolute Gasteiger partial charge is 0.469 e. The molecule has 0 aliphatic carbocycles. The predicted molar refractivity (Wildman–Crippen MR) is 70.4 cm³/mol. The van der Waals surface area contributed by atoms with Crippen LogP contribution in [0.25, 0.3) is 0 Å². The normalized spacial score (nSPS) is 12.9. The predicted octanol–water partition coefficient (Wildman–Crippen LogP) is 3.25. The Morgan fingerprint density at radius 3 is 2.82 bits per heavy atom. The number of rotatable bonds is 5. The molecule has 0 spiro atoms. The van der Waals surface area contributed by atoms with Gasteiger partial charge < -0.3 is 9.73 Å². The molecule has 4 heteroatoms. The third-order valence-corrected chi connectivity index (χ3v) is 3.64. The molecule has 0 radical (unpaired) electrons. The molecule has 1 N–H and O–H groups in total. The highest BCUT2D eigenvalue weighted by molar-refractivity contribution is 7.09. The number of furan rings is 1. The molecule has 2 heterocycles. The van der Waals surface area contributed by atoms with E-state index in [9.17, 15) is 0 Å². The zero-order chi connectivity index (χ0) is 12.3. The summed E-state index contributed by atoms with van der Waals surface area (Å²) in [5.74, 6) is 0.957. The summed E-state index contributed by atoms with van der Waals surface area (Å²) in [5.41, 5.74) is 2.31. The summed E-state index contributed by atoms with van der Waals surface area (Å²) < 4.78 is 5.38. The number of likely N-dealkylation sites (N-methyl/N-ethyl adjacent to an activating group) is 1. The van der Waals surface area contributed by atoms with Crippen LogP contribution < -0.4 is 5.32 Å². The average molecular weight is 250 g/mol. The standard InChI is InChI=1S/C13H18N2OS/c1-4-14-12(11-5-10(3)16-7-11)6-13-15-9(2)8-17-13/h5,7-8,12,14H,4,6H2,1-3H3. The van der Waals surface area contributed by atoms with Crippen LogP contribution in [-0.4, -0.2) is 11.5 Å². The maximum atomic E-state index is 5.38. The zero-order valence-electron chi connectivity index (χ0n) is 10.5. The van der Waals surface area contributed by atoms with E-state index < -0.39 is 0 Å². The molecule has 17 heavy (non-hydrogen) atoms. The quantitative estimate of drug-likeness (QED) is 0.885. The first-order valence-corrected chi connectivity index (χ1v) is 6.76. The van der Waals surface area contributed by atoms with Gasteiger partial charge >= 0.3 is 0 Å². The molecule has 0 aromatic carbocycles. The summed E-state index contributed by atoms with van der Waals surface area (Å²) >= 11 is 1.72. The molecule has 1 unspecified atom stereocenters. The van der Waals surface area contributed by atoms with Gasteiger partial charge in [0.1, 0.15) is 5.76 Å². The Morgan fingerprint density at radius 1 is 1.47 bits per heavy atom. The van der Waals surface area contributed by atoms with Gasteiger partial charge in [0.2, 0.25) is 0 Å². The number of hydrogen-bond donors (Lipinski definition) is 1. The lowest BCUT2D eigenvalue weighted by molar-refractivity contribution is 0.511. The Bertz CT molecular complexity index is 475. The van der Waals surface area contributed by atoms with E-state index >= 15 is 0 Å². The smallest absolute Gasteiger partial charge is 0.101 e. The van der Waals surface area contributed by atoms with Crippen LogP contribution in [0.1, 0.15) is 35.0 Å². The molecule has 0 saturated carbocycles. The second-order valence-corrected chi connectivity index (χ2v) is 5.13. The molecule has 0 aliphatic heterocycles. The molecule has 0 saturated heterocycles. The number of aromatic nitrogens is 1. The lowest BCUT2D eigenvalue weighted by Crippen LogP contribution is -2.22. The second kappa shape index (κ2) is 5.47. The van der Waals surface area contributed by atoms with Crippen molar-refractivity contribution in [3.8, 4) is 0 Å². The average Bonchev–Trinajstić information content (AvgIpc) is 2.87. The monoisotopic (exact) mass is 250 g/mol. The van der Waals surface area contributed by atoms with E-state index in [2.05, 4.69) is 28.7 Å². The number of nitrogens with zero attached hydrogens (tertiary/aromatic N) is 1. The molecule has 2 aromatic rings. The van der Waals surface area contributed by atoms with E-state index in [-0.39, 0.29) is 0 Å². The van der Waals surface area contributed by atoms with Crippen LogP contribution in [0.2, 0.25) is 0 Å². The summed E-state index contributed by atoms with van der Waals surface area (Å²) in [5, 5.41) is 6.75. The van der Waals surface area contributed by atoms with Gasteiger partial charge in [0, 0.05) is 29.1 Å². The summed E-state index contributed by atoms with van der Waals surface area (Å²) in [6.45, 7) is 7.07. The highest BCUT2D eigenvalue weighted by atomic mass is 32.1. The van der Waals surface area contributed by atoms with Crippen molar-refractivity contribution >= 4 is 11.3 Å². The number of hydrogen-bond acceptors (Lipinski definition) is 4. The Hall–Kier alpha value is -1.13. The summed E-state index contributed by atoms with van der Waals surface area (Å²) in [7, 11) is 0. The van der Waals surface area contributed by atoms with Gasteiger partial charge in [-0.25, -0.2) is 4.98 Å². The van der Waals surface area contributed by atoms with Crippen molar-refractivity contribution in [2.75, 3.05) is 6.54 Å². The lowest BCUT2D eigenvalue weighted by atomic mass is 10.1. The van der Waals surface area contributed by atoms with Crippen LogP contribution in [0.15, 0.2) is 22.1 Å². The highest BCUT2D eigenvalue weighted by Crippen LogP contribution is 2.22. The van der Waals surface area contributed by atoms with Gasteiger partial charge in [0.05, 0.1) is 11.3 Å². The first kappa shape index (κ1) is 12.3. The maximum absolute atomic E-state index is 5.38. The molecular formula is C13H18N2OS. The summed E-state index contributed by atoms with van der Waals surface area (Å²) in [6, 6.07) is 2.39. The van der Waals surface area contributed by atoms with E-state index in [1.54, 1.807) is 11.3 Å². The molecule has 0 amide bonds. The molecule has 92 valence electrons. The van der Waals surface area contributed by atoms with Crippen molar-refractivity contribution in [1.82, 2.24) is 10.3 Å². The van der Waals surface area contributed by atoms with Gasteiger partial charge in [-0.3, -0.25) is 0 Å². The fourth-order valence-electron chi connectivity index (χ4n) is 1.87. The van der Waals surface area contributed by atoms with Crippen LogP contribution in [0, 0.1) is 13.8 Å². The van der Waals surface area contributed by atoms with Gasteiger partial charge in [0.25, 0.3) is 0 Å². The van der Waals surface area contributed by atoms with Gasteiger partial charge in [-0.2, -0.15) is 0 Å². The fourth-order valence-corrected chi connectivity index (χ4v) is 2.69. The lowest BCUT2D eigenvalue weighted by Gasteiger charge is -2.14. The third-order valence-electron chi connectivity index (χ3n) is 2.65. The minimum absolute atomic E-state index is 0.294. The topological polar surface area (TPSA) is 38.1 Å². The van der Waals surface area contributed by atoms with Crippen molar-refractivity contribution in [3.63, 3.8) is 0 Å². The minimum Gasteiger partial charge on any atom is -0.469 e. The molecule has 3 nitrogen and oxygen atoms in total. The molecule has 1 atom stereocenters. The summed E-state index contributed by atoms with van der Waals surface area (Å²) in [4.78, 5) is 4.51. The van der Waals surface area contributed by atoms with E-state index in [1.165, 1.54) is 10.6 Å². The first-order valence-electron chi connectivity index (χ1n) is 5.88. The van der Waals surface area contributed by atoms with Crippen LogP contribution >= 0.6 is 11.3 Å². The van der Waals surface area contributed by atoms with Gasteiger partial charge in [0.15, 0.2) is 0 Å². The van der Waals surface area contributed by atoms with Gasteiger partial charge in [-0.15, -0.1) is 11.3 Å². The van der Waals surface area contributed by atoms with Gasteiger partial charge in [-0.1, -0.05) is 6.92 Å². The minimum atomic E-state index is 0.294. The van der Waals surface area contributed by atoms with Crippen molar-refractivity contribution in [2.45, 2.75) is 33.2 Å². The molecule has 0 bridgehead atoms. The van der Waals surface area contributed by atoms with Crippen LogP contribution in [0.4, 0.5) is 0 Å². The molecular weight excluding hydrogens is 232 g/mol. The molecule has 2 aromatic heterocycles. The number of aryl methyl sites for hydroxylation is 2. The van der Waals surface area contributed by atoms with E-state index in [0.717, 1.165) is 24.4 Å². The van der Waals surface area contributed by atoms with E-state index in [1.807, 2.05) is 20.1 Å². The first-order chi connectivity index (χ1) is 8.19. The third kappa shape index (κ3) is 3.17. The van der Waals surface area contributed by atoms with Crippen LogP contribution in [0.3, 0.4) is 0 Å². The molecule has 0 fully saturated rings. The van der Waals surface area contributed by atoms with Crippen molar-refractivity contribution in [2.24, 2.45) is 0 Å². The SMILES string of the molecule is CCNC(Cc1nc(C)cs1)c1coc(C)c1. The number of thiazole rings is 1. The highest BCUT2D eigenvalue weighted by Gasteiger charge is 2.15. The molecule has 0 aliphatic rings. The van der Waals surface area contributed by atoms with E-state index in [4.69, 9.17) is 4.42 Å². The summed E-state index contributed by atoms with van der Waals surface area (Å²) in [6.07, 6.45) is 2.76. The number of nitrogens with one attached hydrogen (secondary N) is 1. The van der Waals surface area contributed by atoms with Gasteiger partial charge in [-0.05, 0) is 26.5 Å². The maximum Gasteiger partial charge on any atom is 0.101 e. The van der Waals surface area contributed by atoms with Crippen molar-refractivity contribution in [1.29, 1.82) is 0 Å². The Morgan fingerprint density at radius 2 is 2.29 bits per heavy atom. The van der Waals surface area contributed by atoms with Crippen molar-refractivity contribution < 1.29 is 4.42 Å². The zero-order valence-corrected chi connectivity index (χ0v) is 11.3. The Kier molecular flexibility index (Phi) is 3.97. The van der Waals surface area contributed by atoms with Crippen LogP contribution in [-0.2, 0) is 6.42 Å². The second-order valence-electron chi connectivity index (χ2n) is 4.19. The Labute approximate surface area is 106 Å².